The molecule has 0 aromatic heterocycles. The number of rotatable bonds is 7. The van der Waals surface area contributed by atoms with Crippen LogP contribution >= 0.6 is 0 Å². The van der Waals surface area contributed by atoms with Crippen LogP contribution in [0, 0.1) is 23.5 Å². The first-order valence-electron chi connectivity index (χ1n) is 7.05. The summed E-state index contributed by atoms with van der Waals surface area (Å²) in [7, 11) is 0. The normalized spacial score (nSPS) is 11.8. The molecule has 3 heteroatoms. The van der Waals surface area contributed by atoms with Gasteiger partial charge in [-0.2, -0.15) is 0 Å². The van der Waals surface area contributed by atoms with E-state index >= 15 is 0 Å². The van der Waals surface area contributed by atoms with Gasteiger partial charge in [-0.05, 0) is 30.7 Å². The summed E-state index contributed by atoms with van der Waals surface area (Å²) in [4.78, 5) is 0. The van der Waals surface area contributed by atoms with Gasteiger partial charge in [-0.3, -0.25) is 0 Å². The average Bonchev–Trinajstić information content (AvgIpc) is 2.25. The molecule has 0 heterocycles. The van der Waals surface area contributed by atoms with Crippen LogP contribution in [0.3, 0.4) is 0 Å². The zero-order valence-electron chi connectivity index (χ0n) is 12.3. The fraction of sp³-hybridized carbons (Fsp3) is 0.625. The van der Waals surface area contributed by atoms with E-state index in [-0.39, 0.29) is 0 Å². The molecule has 0 aliphatic heterocycles. The van der Waals surface area contributed by atoms with Gasteiger partial charge < -0.3 is 5.32 Å². The van der Waals surface area contributed by atoms with Crippen LogP contribution in [0.4, 0.5) is 8.78 Å². The van der Waals surface area contributed by atoms with Gasteiger partial charge in [0, 0.05) is 24.2 Å². The molecule has 1 aromatic rings. The van der Waals surface area contributed by atoms with Crippen molar-refractivity contribution in [2.45, 2.75) is 53.1 Å². The average molecular weight is 269 g/mol. The third kappa shape index (κ3) is 6.15. The van der Waals surface area contributed by atoms with E-state index in [1.165, 1.54) is 12.1 Å². The molecule has 19 heavy (non-hydrogen) atoms. The van der Waals surface area contributed by atoms with E-state index in [9.17, 15) is 8.78 Å². The van der Waals surface area contributed by atoms with E-state index < -0.39 is 11.6 Å². The number of nitrogens with one attached hydrogen (secondary N) is 1. The maximum Gasteiger partial charge on any atom is 0.130 e. The molecule has 1 aromatic carbocycles. The molecule has 0 radical (unpaired) electrons. The van der Waals surface area contributed by atoms with Crippen molar-refractivity contribution in [3.63, 3.8) is 0 Å². The monoisotopic (exact) mass is 269 g/mol. The first kappa shape index (κ1) is 16.1. The highest BCUT2D eigenvalue weighted by molar-refractivity contribution is 5.18. The lowest BCUT2D eigenvalue weighted by molar-refractivity contribution is 0.356. The van der Waals surface area contributed by atoms with Gasteiger partial charge in [-0.1, -0.05) is 33.8 Å². The van der Waals surface area contributed by atoms with E-state index in [0.717, 1.165) is 18.9 Å². The van der Waals surface area contributed by atoms with Gasteiger partial charge in [-0.25, -0.2) is 8.78 Å². The molecule has 1 rings (SSSR count). The molecule has 0 bridgehead atoms. The van der Waals surface area contributed by atoms with Crippen LogP contribution in [0.25, 0.3) is 0 Å². The Labute approximate surface area is 115 Å². The molecular weight excluding hydrogens is 244 g/mol. The molecule has 0 amide bonds. The van der Waals surface area contributed by atoms with Crippen molar-refractivity contribution < 1.29 is 8.78 Å². The highest BCUT2D eigenvalue weighted by Gasteiger charge is 2.13. The van der Waals surface area contributed by atoms with Crippen molar-refractivity contribution in [2.24, 2.45) is 11.8 Å². The maximum absolute atomic E-state index is 13.5. The minimum Gasteiger partial charge on any atom is -0.310 e. The quantitative estimate of drug-likeness (QED) is 0.767. The van der Waals surface area contributed by atoms with E-state index in [4.69, 9.17) is 0 Å². The van der Waals surface area contributed by atoms with Gasteiger partial charge in [0.15, 0.2) is 0 Å². The standard InChI is InChI=1S/C16H25F2N/c1-11(2)7-15(8-12(3)4)19-10-13-5-6-14(17)9-16(13)18/h5-6,9,11-12,15,19H,7-8,10H2,1-4H3. The molecule has 108 valence electrons. The minimum atomic E-state index is -0.526. The van der Waals surface area contributed by atoms with Gasteiger partial charge in [0.05, 0.1) is 0 Å². The first-order chi connectivity index (χ1) is 8.88. The van der Waals surface area contributed by atoms with Crippen molar-refractivity contribution in [3.8, 4) is 0 Å². The van der Waals surface area contributed by atoms with Crippen molar-refractivity contribution >= 4 is 0 Å². The molecule has 0 unspecified atom stereocenters. The number of hydrogen-bond donors (Lipinski definition) is 1. The summed E-state index contributed by atoms with van der Waals surface area (Å²) in [5.74, 6) is 0.214. The number of halogens is 2. The molecule has 0 saturated carbocycles. The summed E-state index contributed by atoms with van der Waals surface area (Å²) in [5.41, 5.74) is 0.527. The van der Waals surface area contributed by atoms with Gasteiger partial charge in [0.2, 0.25) is 0 Å². The summed E-state index contributed by atoms with van der Waals surface area (Å²) < 4.78 is 26.4. The summed E-state index contributed by atoms with van der Waals surface area (Å²) in [6, 6.07) is 4.14. The lowest BCUT2D eigenvalue weighted by Crippen LogP contribution is -2.31. The molecule has 0 atom stereocenters. The second-order valence-electron chi connectivity index (χ2n) is 6.07. The van der Waals surface area contributed by atoms with Crippen molar-refractivity contribution in [3.05, 3.63) is 35.4 Å². The van der Waals surface area contributed by atoms with Crippen LogP contribution in [0.1, 0.15) is 46.1 Å². The van der Waals surface area contributed by atoms with Crippen LogP contribution in [-0.2, 0) is 6.54 Å². The molecule has 1 N–H and O–H groups in total. The predicted molar refractivity (Wildman–Crippen MR) is 75.9 cm³/mol. The van der Waals surface area contributed by atoms with E-state index in [0.29, 0.717) is 30.0 Å². The number of benzene rings is 1. The zero-order valence-corrected chi connectivity index (χ0v) is 12.3. The van der Waals surface area contributed by atoms with Crippen LogP contribution in [0.2, 0.25) is 0 Å². The third-order valence-corrected chi connectivity index (χ3v) is 3.11. The lowest BCUT2D eigenvalue weighted by Gasteiger charge is -2.22. The third-order valence-electron chi connectivity index (χ3n) is 3.11. The Morgan fingerprint density at radius 1 is 1.00 bits per heavy atom. The van der Waals surface area contributed by atoms with Crippen molar-refractivity contribution in [2.75, 3.05) is 0 Å². The smallest absolute Gasteiger partial charge is 0.130 e. The Morgan fingerprint density at radius 2 is 1.58 bits per heavy atom. The summed E-state index contributed by atoms with van der Waals surface area (Å²) >= 11 is 0. The maximum atomic E-state index is 13.5. The zero-order chi connectivity index (χ0) is 14.4. The Balaban J connectivity index is 2.59. The van der Waals surface area contributed by atoms with E-state index in [1.807, 2.05) is 0 Å². The second-order valence-corrected chi connectivity index (χ2v) is 6.07. The topological polar surface area (TPSA) is 12.0 Å². The molecule has 0 saturated heterocycles. The van der Waals surface area contributed by atoms with Gasteiger partial charge in [0.1, 0.15) is 11.6 Å². The highest BCUT2D eigenvalue weighted by atomic mass is 19.1. The van der Waals surface area contributed by atoms with Crippen LogP contribution in [0.15, 0.2) is 18.2 Å². The van der Waals surface area contributed by atoms with Crippen molar-refractivity contribution in [1.29, 1.82) is 0 Å². The Morgan fingerprint density at radius 3 is 2.05 bits per heavy atom. The van der Waals surface area contributed by atoms with Crippen molar-refractivity contribution in [1.82, 2.24) is 5.32 Å². The fourth-order valence-corrected chi connectivity index (χ4v) is 2.32. The predicted octanol–water partition coefficient (Wildman–Crippen LogP) is 4.52. The Bertz CT molecular complexity index is 378. The minimum absolute atomic E-state index is 0.379. The lowest BCUT2D eigenvalue weighted by atomic mass is 9.95. The van der Waals surface area contributed by atoms with Gasteiger partial charge in [-0.15, -0.1) is 0 Å². The summed E-state index contributed by atoms with van der Waals surface area (Å²) in [6.07, 6.45) is 2.14. The SMILES string of the molecule is CC(C)CC(CC(C)C)NCc1ccc(F)cc1F. The van der Waals surface area contributed by atoms with Gasteiger partial charge >= 0.3 is 0 Å². The molecule has 0 aliphatic carbocycles. The number of hydrogen-bond acceptors (Lipinski definition) is 1. The van der Waals surface area contributed by atoms with E-state index in [1.54, 1.807) is 0 Å². The molecule has 0 aliphatic rings. The summed E-state index contributed by atoms with van der Waals surface area (Å²) in [5, 5.41) is 3.40. The molecular formula is C16H25F2N. The van der Waals surface area contributed by atoms with Crippen LogP contribution < -0.4 is 5.32 Å². The Hall–Kier alpha value is -0.960. The second kappa shape index (κ2) is 7.59. The van der Waals surface area contributed by atoms with Crippen LogP contribution in [0.5, 0.6) is 0 Å². The highest BCUT2D eigenvalue weighted by Crippen LogP contribution is 2.15. The largest absolute Gasteiger partial charge is 0.310 e. The summed E-state index contributed by atoms with van der Waals surface area (Å²) in [6.45, 7) is 9.21. The first-order valence-corrected chi connectivity index (χ1v) is 7.05. The van der Waals surface area contributed by atoms with Crippen LogP contribution in [-0.4, -0.2) is 6.04 Å². The molecule has 0 spiro atoms. The van der Waals surface area contributed by atoms with E-state index in [2.05, 4.69) is 33.0 Å². The fourth-order valence-electron chi connectivity index (χ4n) is 2.32. The van der Waals surface area contributed by atoms with Gasteiger partial charge in [0.25, 0.3) is 0 Å². The molecule has 1 nitrogen and oxygen atoms in total. The Kier molecular flexibility index (Phi) is 6.43. The molecule has 0 fully saturated rings.